The van der Waals surface area contributed by atoms with Gasteiger partial charge in [0.05, 0.1) is 6.04 Å². The van der Waals surface area contributed by atoms with Gasteiger partial charge in [0.15, 0.2) is 0 Å². The van der Waals surface area contributed by atoms with Gasteiger partial charge in [-0.25, -0.2) is 9.18 Å². The summed E-state index contributed by atoms with van der Waals surface area (Å²) in [5, 5.41) is 11.1. The standard InChI is InChI=1S/C25H31FN4O4/c26-20-10-8-19(9-11-20)17-21(27)23(31)30-16-15-29(14-12-18-5-2-1-3-6-18)24(32)22(30)7-4-13-28-25(33)34/h1-3,5-6,8-11,21-22,28H,4,7,12-17,27H2,(H,33,34). The summed E-state index contributed by atoms with van der Waals surface area (Å²) in [6, 6.07) is 14.1. The highest BCUT2D eigenvalue weighted by atomic mass is 19.1. The molecule has 8 nitrogen and oxygen atoms in total. The van der Waals surface area contributed by atoms with Crippen LogP contribution in [0.2, 0.25) is 0 Å². The van der Waals surface area contributed by atoms with Crippen LogP contribution in [-0.2, 0) is 22.4 Å². The van der Waals surface area contributed by atoms with E-state index in [1.807, 2.05) is 30.3 Å². The highest BCUT2D eigenvalue weighted by Crippen LogP contribution is 2.19. The van der Waals surface area contributed by atoms with Crippen LogP contribution in [-0.4, -0.2) is 71.1 Å². The van der Waals surface area contributed by atoms with E-state index >= 15 is 0 Å². The minimum Gasteiger partial charge on any atom is -0.465 e. The summed E-state index contributed by atoms with van der Waals surface area (Å²) in [6.45, 7) is 1.49. The van der Waals surface area contributed by atoms with Gasteiger partial charge in [0.25, 0.3) is 0 Å². The van der Waals surface area contributed by atoms with E-state index in [1.54, 1.807) is 17.0 Å². The highest BCUT2D eigenvalue weighted by Gasteiger charge is 2.38. The predicted molar refractivity (Wildman–Crippen MR) is 126 cm³/mol. The van der Waals surface area contributed by atoms with Crippen LogP contribution in [0.15, 0.2) is 54.6 Å². The van der Waals surface area contributed by atoms with Crippen LogP contribution in [0.25, 0.3) is 0 Å². The van der Waals surface area contributed by atoms with Crippen LogP contribution in [0.3, 0.4) is 0 Å². The number of rotatable bonds is 10. The van der Waals surface area contributed by atoms with Crippen LogP contribution in [0.1, 0.15) is 24.0 Å². The zero-order chi connectivity index (χ0) is 24.5. The van der Waals surface area contributed by atoms with Crippen LogP contribution in [0.4, 0.5) is 9.18 Å². The maximum atomic E-state index is 13.3. The molecule has 1 heterocycles. The van der Waals surface area contributed by atoms with E-state index in [4.69, 9.17) is 10.8 Å². The first-order valence-electron chi connectivity index (χ1n) is 11.4. The molecule has 1 fully saturated rings. The second kappa shape index (κ2) is 12.1. The molecule has 0 radical (unpaired) electrons. The molecule has 0 saturated carbocycles. The lowest BCUT2D eigenvalue weighted by Gasteiger charge is -2.41. The summed E-state index contributed by atoms with van der Waals surface area (Å²) in [7, 11) is 0. The third kappa shape index (κ3) is 7.02. The molecular weight excluding hydrogens is 439 g/mol. The number of piperazine rings is 1. The number of hydrogen-bond acceptors (Lipinski definition) is 4. The van der Waals surface area contributed by atoms with Crippen molar-refractivity contribution in [3.8, 4) is 0 Å². The smallest absolute Gasteiger partial charge is 0.404 e. The Morgan fingerprint density at radius 2 is 1.79 bits per heavy atom. The van der Waals surface area contributed by atoms with Gasteiger partial charge in [0.1, 0.15) is 11.9 Å². The quantitative estimate of drug-likeness (QED) is 0.460. The van der Waals surface area contributed by atoms with Crippen LogP contribution in [0, 0.1) is 5.82 Å². The van der Waals surface area contributed by atoms with Crippen molar-refractivity contribution in [2.45, 2.75) is 37.8 Å². The normalized spacial score (nSPS) is 16.9. The van der Waals surface area contributed by atoms with Gasteiger partial charge < -0.3 is 26.0 Å². The number of nitrogens with two attached hydrogens (primary N) is 1. The second-order valence-corrected chi connectivity index (χ2v) is 8.42. The molecule has 34 heavy (non-hydrogen) atoms. The lowest BCUT2D eigenvalue weighted by atomic mass is 10.0. The van der Waals surface area contributed by atoms with Crippen molar-refractivity contribution in [1.82, 2.24) is 15.1 Å². The molecule has 0 aliphatic carbocycles. The minimum atomic E-state index is -1.13. The molecule has 0 spiro atoms. The van der Waals surface area contributed by atoms with Gasteiger partial charge in [-0.15, -0.1) is 0 Å². The number of benzene rings is 2. The Balaban J connectivity index is 1.66. The van der Waals surface area contributed by atoms with E-state index in [9.17, 15) is 18.8 Å². The average molecular weight is 471 g/mol. The summed E-state index contributed by atoms with van der Waals surface area (Å²) in [6.07, 6.45) is 0.545. The SMILES string of the molecule is NC(Cc1ccc(F)cc1)C(=O)N1CCN(CCc2ccccc2)C(=O)C1CCCNC(=O)O. The van der Waals surface area contributed by atoms with Crippen molar-refractivity contribution >= 4 is 17.9 Å². The average Bonchev–Trinajstić information content (AvgIpc) is 2.83. The molecule has 1 saturated heterocycles. The van der Waals surface area contributed by atoms with Crippen molar-refractivity contribution in [3.63, 3.8) is 0 Å². The molecule has 1 aliphatic rings. The van der Waals surface area contributed by atoms with Crippen molar-refractivity contribution < 1.29 is 23.9 Å². The molecule has 182 valence electrons. The van der Waals surface area contributed by atoms with Gasteiger partial charge in [-0.3, -0.25) is 9.59 Å². The Morgan fingerprint density at radius 3 is 2.47 bits per heavy atom. The van der Waals surface area contributed by atoms with Crippen molar-refractivity contribution in [1.29, 1.82) is 0 Å². The van der Waals surface area contributed by atoms with E-state index < -0.39 is 18.2 Å². The summed E-state index contributed by atoms with van der Waals surface area (Å²) in [5.41, 5.74) is 8.05. The van der Waals surface area contributed by atoms with Gasteiger partial charge in [-0.2, -0.15) is 0 Å². The molecule has 3 rings (SSSR count). The van der Waals surface area contributed by atoms with Crippen molar-refractivity contribution in [2.75, 3.05) is 26.2 Å². The highest BCUT2D eigenvalue weighted by molar-refractivity contribution is 5.91. The first-order chi connectivity index (χ1) is 16.3. The van der Waals surface area contributed by atoms with Gasteiger partial charge in [0.2, 0.25) is 11.8 Å². The summed E-state index contributed by atoms with van der Waals surface area (Å²) >= 11 is 0. The van der Waals surface area contributed by atoms with E-state index in [-0.39, 0.29) is 30.6 Å². The maximum absolute atomic E-state index is 13.3. The Labute approximate surface area is 198 Å². The lowest BCUT2D eigenvalue weighted by Crippen LogP contribution is -2.61. The molecule has 4 N–H and O–H groups in total. The van der Waals surface area contributed by atoms with Crippen LogP contribution in [0.5, 0.6) is 0 Å². The second-order valence-electron chi connectivity index (χ2n) is 8.42. The molecular formula is C25H31FN4O4. The van der Waals surface area contributed by atoms with Crippen LogP contribution < -0.4 is 11.1 Å². The first-order valence-corrected chi connectivity index (χ1v) is 11.4. The maximum Gasteiger partial charge on any atom is 0.404 e. The molecule has 2 aromatic carbocycles. The Hall–Kier alpha value is -3.46. The number of nitrogens with one attached hydrogen (secondary N) is 1. The largest absolute Gasteiger partial charge is 0.465 e. The predicted octanol–water partition coefficient (Wildman–Crippen LogP) is 2.03. The van der Waals surface area contributed by atoms with Gasteiger partial charge in [-0.1, -0.05) is 42.5 Å². The Bertz CT molecular complexity index is 971. The summed E-state index contributed by atoms with van der Waals surface area (Å²) < 4.78 is 13.2. The van der Waals surface area contributed by atoms with Crippen molar-refractivity contribution in [2.24, 2.45) is 5.73 Å². The molecule has 1 aliphatic heterocycles. The van der Waals surface area contributed by atoms with Crippen molar-refractivity contribution in [3.05, 3.63) is 71.5 Å². The van der Waals surface area contributed by atoms with Crippen LogP contribution >= 0.6 is 0 Å². The Morgan fingerprint density at radius 1 is 1.09 bits per heavy atom. The Kier molecular flexibility index (Phi) is 8.98. The number of halogens is 1. The fraction of sp³-hybridized carbons (Fsp3) is 0.400. The monoisotopic (exact) mass is 470 g/mol. The number of carbonyl (C=O) groups excluding carboxylic acids is 2. The van der Waals surface area contributed by atoms with E-state index in [1.165, 1.54) is 17.0 Å². The zero-order valence-electron chi connectivity index (χ0n) is 19.0. The van der Waals surface area contributed by atoms with E-state index in [2.05, 4.69) is 5.32 Å². The lowest BCUT2D eigenvalue weighted by molar-refractivity contribution is -0.152. The minimum absolute atomic E-state index is 0.153. The van der Waals surface area contributed by atoms with E-state index in [0.717, 1.165) is 11.1 Å². The van der Waals surface area contributed by atoms with E-state index in [0.29, 0.717) is 38.9 Å². The van der Waals surface area contributed by atoms with Gasteiger partial charge in [0, 0.05) is 26.2 Å². The molecule has 2 aromatic rings. The summed E-state index contributed by atoms with van der Waals surface area (Å²) in [5.74, 6) is -0.854. The van der Waals surface area contributed by atoms with Gasteiger partial charge in [-0.05, 0) is 48.9 Å². The number of carboxylic acid groups (broad SMARTS) is 1. The molecule has 0 bridgehead atoms. The fourth-order valence-corrected chi connectivity index (χ4v) is 4.18. The molecule has 9 heteroatoms. The van der Waals surface area contributed by atoms with Gasteiger partial charge >= 0.3 is 6.09 Å². The molecule has 2 unspecified atom stereocenters. The third-order valence-corrected chi connectivity index (χ3v) is 6.00. The molecule has 2 atom stereocenters. The summed E-state index contributed by atoms with van der Waals surface area (Å²) in [4.78, 5) is 40.6. The number of carbonyl (C=O) groups is 3. The number of hydrogen-bond donors (Lipinski definition) is 3. The molecule has 3 amide bonds. The zero-order valence-corrected chi connectivity index (χ0v) is 19.0. The third-order valence-electron chi connectivity index (χ3n) is 6.00. The first kappa shape index (κ1) is 25.2. The number of nitrogens with zero attached hydrogens (tertiary/aromatic N) is 2. The molecule has 0 aromatic heterocycles. The topological polar surface area (TPSA) is 116 Å². The number of amides is 3. The fourth-order valence-electron chi connectivity index (χ4n) is 4.18.